The molecule has 0 radical (unpaired) electrons. The van der Waals surface area contributed by atoms with Gasteiger partial charge < -0.3 is 9.30 Å². The minimum absolute atomic E-state index is 0.241. The number of hydrogen-bond donors (Lipinski definition) is 0. The lowest BCUT2D eigenvalue weighted by atomic mass is 10.1. The quantitative estimate of drug-likeness (QED) is 0.461. The fraction of sp³-hybridized carbons (Fsp3) is 0.111. The third kappa shape index (κ3) is 3.96. The highest BCUT2D eigenvalue weighted by atomic mass is 79.9. The first-order chi connectivity index (χ1) is 12.2. The average molecular weight is 426 g/mol. The summed E-state index contributed by atoms with van der Waals surface area (Å²) in [6, 6.07) is 12.2. The van der Waals surface area contributed by atoms with E-state index in [1.165, 1.54) is 0 Å². The van der Waals surface area contributed by atoms with E-state index in [1.807, 2.05) is 18.2 Å². The lowest BCUT2D eigenvalue weighted by Crippen LogP contribution is -2.31. The van der Waals surface area contributed by atoms with E-state index in [4.69, 9.17) is 4.74 Å². The zero-order chi connectivity index (χ0) is 18.9. The van der Waals surface area contributed by atoms with Gasteiger partial charge in [0.05, 0.1) is 0 Å². The van der Waals surface area contributed by atoms with E-state index < -0.39 is 29.8 Å². The molecule has 3 rings (SSSR count). The number of hydrogen-bond acceptors (Lipinski definition) is 3. The van der Waals surface area contributed by atoms with Gasteiger partial charge in [-0.3, -0.25) is 4.79 Å². The Morgan fingerprint density at radius 1 is 1.08 bits per heavy atom. The number of aromatic nitrogens is 1. The highest BCUT2D eigenvalue weighted by Crippen LogP contribution is 2.26. The predicted molar refractivity (Wildman–Crippen MR) is 93.0 cm³/mol. The van der Waals surface area contributed by atoms with Crippen molar-refractivity contribution in [2.24, 2.45) is 0 Å². The van der Waals surface area contributed by atoms with E-state index >= 15 is 0 Å². The molecule has 0 aliphatic heterocycles. The van der Waals surface area contributed by atoms with Crippen molar-refractivity contribution in [3.63, 3.8) is 0 Å². The predicted octanol–water partition coefficient (Wildman–Crippen LogP) is 4.39. The number of alkyl halides is 3. The number of benzene rings is 2. The Morgan fingerprint density at radius 2 is 1.77 bits per heavy atom. The summed E-state index contributed by atoms with van der Waals surface area (Å²) in [6.07, 6.45) is -3.67. The van der Waals surface area contributed by atoms with Crippen LogP contribution in [0.2, 0.25) is 0 Å². The molecule has 3 aromatic rings. The van der Waals surface area contributed by atoms with Crippen LogP contribution in [0.25, 0.3) is 10.8 Å². The third-order valence-corrected chi connectivity index (χ3v) is 4.12. The fourth-order valence-corrected chi connectivity index (χ4v) is 2.82. The first kappa shape index (κ1) is 18.2. The minimum Gasteiger partial charge on any atom is -0.425 e. The molecule has 0 amide bonds. The molecule has 1 aromatic heterocycles. The van der Waals surface area contributed by atoms with Gasteiger partial charge in [-0.1, -0.05) is 28.1 Å². The Labute approximate surface area is 153 Å². The standard InChI is InChI=1S/C18H11BrF3NO3/c19-13-5-3-12-9-14(6-4-11(12)8-13)26-16(24)10-23-7-1-2-15(17(23)25)18(20,21)22/h1-9H,10H2. The van der Waals surface area contributed by atoms with E-state index in [2.05, 4.69) is 15.9 Å². The molecule has 0 N–H and O–H groups in total. The van der Waals surface area contributed by atoms with Crippen molar-refractivity contribution in [2.45, 2.75) is 12.7 Å². The average Bonchev–Trinajstić information content (AvgIpc) is 2.56. The molecule has 0 fully saturated rings. The van der Waals surface area contributed by atoms with Gasteiger partial charge in [0.1, 0.15) is 17.9 Å². The molecule has 0 aliphatic carbocycles. The van der Waals surface area contributed by atoms with Crippen molar-refractivity contribution in [2.75, 3.05) is 0 Å². The van der Waals surface area contributed by atoms with Gasteiger partial charge in [0.25, 0.3) is 5.56 Å². The van der Waals surface area contributed by atoms with Crippen molar-refractivity contribution in [3.8, 4) is 5.75 Å². The molecular weight excluding hydrogens is 415 g/mol. The van der Waals surface area contributed by atoms with Gasteiger partial charge in [-0.15, -0.1) is 0 Å². The number of nitrogens with zero attached hydrogens (tertiary/aromatic N) is 1. The molecule has 8 heteroatoms. The van der Waals surface area contributed by atoms with Crippen molar-refractivity contribution in [1.29, 1.82) is 0 Å². The molecule has 0 aliphatic rings. The zero-order valence-corrected chi connectivity index (χ0v) is 14.7. The van der Waals surface area contributed by atoms with E-state index in [0.717, 1.165) is 27.5 Å². The molecule has 1 heterocycles. The van der Waals surface area contributed by atoms with Gasteiger partial charge in [-0.2, -0.15) is 13.2 Å². The second-order valence-corrected chi connectivity index (χ2v) is 6.40. The van der Waals surface area contributed by atoms with Gasteiger partial charge in [-0.25, -0.2) is 4.79 Å². The van der Waals surface area contributed by atoms with Gasteiger partial charge in [0, 0.05) is 10.7 Å². The third-order valence-electron chi connectivity index (χ3n) is 3.63. The summed E-state index contributed by atoms with van der Waals surface area (Å²) in [7, 11) is 0. The fourth-order valence-electron chi connectivity index (χ4n) is 2.44. The number of carbonyl (C=O) groups excluding carboxylic acids is 1. The lowest BCUT2D eigenvalue weighted by molar-refractivity contribution is -0.140. The molecule has 0 saturated heterocycles. The second kappa shape index (κ2) is 6.95. The molecule has 0 atom stereocenters. The number of rotatable bonds is 3. The highest BCUT2D eigenvalue weighted by Gasteiger charge is 2.34. The van der Waals surface area contributed by atoms with Crippen LogP contribution >= 0.6 is 15.9 Å². The Morgan fingerprint density at radius 3 is 2.50 bits per heavy atom. The SMILES string of the molecule is O=C(Cn1cccc(C(F)(F)F)c1=O)Oc1ccc2cc(Br)ccc2c1. The van der Waals surface area contributed by atoms with E-state index in [9.17, 15) is 22.8 Å². The highest BCUT2D eigenvalue weighted by molar-refractivity contribution is 9.10. The van der Waals surface area contributed by atoms with Crippen LogP contribution in [-0.4, -0.2) is 10.5 Å². The Kier molecular flexibility index (Phi) is 4.86. The van der Waals surface area contributed by atoms with Crippen LogP contribution < -0.4 is 10.3 Å². The summed E-state index contributed by atoms with van der Waals surface area (Å²) in [5, 5.41) is 1.75. The topological polar surface area (TPSA) is 48.3 Å². The summed E-state index contributed by atoms with van der Waals surface area (Å²) in [5.74, 6) is -0.604. The smallest absolute Gasteiger partial charge is 0.421 e. The number of fused-ring (bicyclic) bond motifs is 1. The Bertz CT molecular complexity index is 1040. The van der Waals surface area contributed by atoms with Crippen LogP contribution in [0.5, 0.6) is 5.75 Å². The molecule has 26 heavy (non-hydrogen) atoms. The molecule has 0 unspecified atom stereocenters. The normalized spacial score (nSPS) is 11.5. The largest absolute Gasteiger partial charge is 0.425 e. The molecule has 134 valence electrons. The van der Waals surface area contributed by atoms with Gasteiger partial charge in [0.15, 0.2) is 0 Å². The number of halogens is 4. The molecule has 0 saturated carbocycles. The maximum atomic E-state index is 12.8. The summed E-state index contributed by atoms with van der Waals surface area (Å²) in [5.41, 5.74) is -2.62. The maximum Gasteiger partial charge on any atom is 0.421 e. The first-order valence-corrected chi connectivity index (χ1v) is 8.20. The summed E-state index contributed by atoms with van der Waals surface area (Å²) < 4.78 is 45.0. The van der Waals surface area contributed by atoms with Gasteiger partial charge in [0.2, 0.25) is 0 Å². The van der Waals surface area contributed by atoms with Crippen LogP contribution in [0, 0.1) is 0 Å². The summed E-state index contributed by atoms with van der Waals surface area (Å²) >= 11 is 3.36. The molecule has 0 bridgehead atoms. The molecule has 4 nitrogen and oxygen atoms in total. The van der Waals surface area contributed by atoms with Gasteiger partial charge in [-0.05, 0) is 47.2 Å². The van der Waals surface area contributed by atoms with E-state index in [-0.39, 0.29) is 5.75 Å². The molecule has 0 spiro atoms. The van der Waals surface area contributed by atoms with Crippen LogP contribution in [0.15, 0.2) is 64.0 Å². The Hall–Kier alpha value is -2.61. The van der Waals surface area contributed by atoms with Crippen molar-refractivity contribution < 1.29 is 22.7 Å². The number of esters is 1. The van der Waals surface area contributed by atoms with E-state index in [0.29, 0.717) is 10.6 Å². The monoisotopic (exact) mass is 425 g/mol. The lowest BCUT2D eigenvalue weighted by Gasteiger charge is -2.10. The van der Waals surface area contributed by atoms with Crippen molar-refractivity contribution in [3.05, 3.63) is 75.1 Å². The molecular formula is C18H11BrF3NO3. The van der Waals surface area contributed by atoms with Crippen LogP contribution in [0.4, 0.5) is 13.2 Å². The number of pyridine rings is 1. The minimum atomic E-state index is -4.78. The summed E-state index contributed by atoms with van der Waals surface area (Å²) in [4.78, 5) is 23.9. The van der Waals surface area contributed by atoms with Crippen LogP contribution in [0.3, 0.4) is 0 Å². The number of carbonyl (C=O) groups is 1. The van der Waals surface area contributed by atoms with Crippen LogP contribution in [0.1, 0.15) is 5.56 Å². The van der Waals surface area contributed by atoms with Crippen molar-refractivity contribution >= 4 is 32.7 Å². The van der Waals surface area contributed by atoms with Gasteiger partial charge >= 0.3 is 12.1 Å². The Balaban J connectivity index is 1.79. The summed E-state index contributed by atoms with van der Waals surface area (Å²) in [6.45, 7) is -0.624. The number of ether oxygens (including phenoxy) is 1. The molecule has 2 aromatic carbocycles. The first-order valence-electron chi connectivity index (χ1n) is 7.41. The maximum absolute atomic E-state index is 12.8. The second-order valence-electron chi connectivity index (χ2n) is 5.48. The van der Waals surface area contributed by atoms with E-state index in [1.54, 1.807) is 18.2 Å². The zero-order valence-electron chi connectivity index (χ0n) is 13.1. The van der Waals surface area contributed by atoms with Crippen molar-refractivity contribution in [1.82, 2.24) is 4.57 Å². The van der Waals surface area contributed by atoms with Crippen LogP contribution in [-0.2, 0) is 17.5 Å².